The van der Waals surface area contributed by atoms with Gasteiger partial charge in [0.15, 0.2) is 23.2 Å². The molecule has 1 aliphatic heterocycles. The lowest BCUT2D eigenvalue weighted by atomic mass is 10.2. The number of ether oxygens (including phenoxy) is 1. The Kier molecular flexibility index (Phi) is 5.24. The van der Waals surface area contributed by atoms with Gasteiger partial charge < -0.3 is 20.3 Å². The summed E-state index contributed by atoms with van der Waals surface area (Å²) in [6.07, 6.45) is 1.24. The Morgan fingerprint density at radius 2 is 2.17 bits per heavy atom. The third-order valence-electron chi connectivity index (χ3n) is 4.08. The van der Waals surface area contributed by atoms with Crippen LogP contribution in [0.1, 0.15) is 32.3 Å². The fourth-order valence-corrected chi connectivity index (χ4v) is 3.29. The summed E-state index contributed by atoms with van der Waals surface area (Å²) >= 11 is 4.45. The van der Waals surface area contributed by atoms with Crippen molar-refractivity contribution in [3.63, 3.8) is 0 Å². The zero-order valence-electron chi connectivity index (χ0n) is 13.8. The van der Waals surface area contributed by atoms with Crippen molar-refractivity contribution in [1.29, 1.82) is 0 Å². The number of rotatable bonds is 6. The van der Waals surface area contributed by atoms with Crippen LogP contribution in [0.2, 0.25) is 0 Å². The van der Waals surface area contributed by atoms with Gasteiger partial charge in [0, 0.05) is 13.0 Å². The molecule has 24 heavy (non-hydrogen) atoms. The van der Waals surface area contributed by atoms with Crippen LogP contribution < -0.4 is 5.32 Å². The summed E-state index contributed by atoms with van der Waals surface area (Å²) in [5, 5.41) is 22.2. The number of hydrogen-bond acceptors (Lipinski definition) is 8. The van der Waals surface area contributed by atoms with Crippen molar-refractivity contribution >= 4 is 29.6 Å². The minimum Gasteiger partial charge on any atom is -0.394 e. The molecule has 0 aliphatic carbocycles. The highest BCUT2D eigenvalue weighted by atomic mass is 32.1. The van der Waals surface area contributed by atoms with E-state index in [0.29, 0.717) is 17.0 Å². The molecule has 8 nitrogen and oxygen atoms in total. The lowest BCUT2D eigenvalue weighted by Gasteiger charge is -2.17. The Morgan fingerprint density at radius 1 is 1.38 bits per heavy atom. The van der Waals surface area contributed by atoms with Crippen molar-refractivity contribution in [3.05, 3.63) is 12.2 Å². The molecule has 2 aromatic rings. The van der Waals surface area contributed by atoms with E-state index in [1.54, 1.807) is 10.9 Å². The molecule has 0 radical (unpaired) electrons. The van der Waals surface area contributed by atoms with Crippen LogP contribution in [0.25, 0.3) is 11.2 Å². The van der Waals surface area contributed by atoms with Crippen molar-refractivity contribution in [2.75, 3.05) is 18.5 Å². The Hall–Kier alpha value is -1.42. The molecule has 0 saturated carbocycles. The maximum atomic E-state index is 10.1. The van der Waals surface area contributed by atoms with Crippen LogP contribution in [-0.4, -0.2) is 60.3 Å². The van der Waals surface area contributed by atoms with Gasteiger partial charge in [0.05, 0.1) is 24.3 Å². The molecule has 0 spiro atoms. The highest BCUT2D eigenvalue weighted by Gasteiger charge is 2.43. The van der Waals surface area contributed by atoms with Crippen molar-refractivity contribution in [1.82, 2.24) is 19.5 Å². The van der Waals surface area contributed by atoms with E-state index < -0.39 is 23.7 Å². The van der Waals surface area contributed by atoms with Gasteiger partial charge in [0.25, 0.3) is 0 Å². The number of aliphatic hydroxyl groups is 2. The Bertz CT molecular complexity index is 710. The summed E-state index contributed by atoms with van der Waals surface area (Å²) in [5.74, 6) is 1.42. The molecular weight excluding hydrogens is 330 g/mol. The first-order valence-electron chi connectivity index (χ1n) is 8.20. The third kappa shape index (κ3) is 2.97. The van der Waals surface area contributed by atoms with E-state index in [1.807, 2.05) is 6.92 Å². The fourth-order valence-electron chi connectivity index (χ4n) is 2.88. The quantitative estimate of drug-likeness (QED) is 0.568. The monoisotopic (exact) mass is 353 g/mol. The molecule has 132 valence electrons. The van der Waals surface area contributed by atoms with Crippen LogP contribution in [0.3, 0.4) is 0 Å². The third-order valence-corrected chi connectivity index (χ3v) is 4.64. The topological polar surface area (TPSA) is 105 Å². The van der Waals surface area contributed by atoms with Crippen molar-refractivity contribution < 1.29 is 14.9 Å². The second-order valence-corrected chi connectivity index (χ2v) is 6.42. The summed E-state index contributed by atoms with van der Waals surface area (Å²) in [6.45, 7) is 4.53. The number of aromatic nitrogens is 4. The molecule has 4 atom stereocenters. The molecule has 1 aliphatic rings. The molecule has 0 amide bonds. The van der Waals surface area contributed by atoms with E-state index in [1.165, 1.54) is 0 Å². The number of imidazole rings is 1. The number of hydrogen-bond donors (Lipinski definition) is 4. The number of aliphatic hydroxyl groups excluding tert-OH is 2. The molecule has 0 unspecified atom stereocenters. The molecule has 9 heteroatoms. The van der Waals surface area contributed by atoms with Crippen molar-refractivity contribution in [2.45, 2.75) is 50.4 Å². The summed E-state index contributed by atoms with van der Waals surface area (Å²) in [5.41, 5.74) is 1.29. The molecular formula is C15H23N5O3S. The van der Waals surface area contributed by atoms with E-state index in [-0.39, 0.29) is 6.61 Å². The molecule has 0 aromatic carbocycles. The van der Waals surface area contributed by atoms with Gasteiger partial charge in [0.2, 0.25) is 0 Å². The number of fused-ring (bicyclic) bond motifs is 1. The normalized spacial score (nSPS) is 27.0. The maximum Gasteiger partial charge on any atom is 0.167 e. The van der Waals surface area contributed by atoms with Gasteiger partial charge in [-0.2, -0.15) is 12.6 Å². The van der Waals surface area contributed by atoms with Gasteiger partial charge in [-0.1, -0.05) is 6.92 Å². The predicted molar refractivity (Wildman–Crippen MR) is 93.3 cm³/mol. The standard InChI is InChI=1S/C15H23N5O3S/c1-3-5-9-18-13(16-4-2)10-14(19-9)20(7-17-10)15-12(24)11(22)8(6-21)23-15/h7-8,11-12,15,21-22,24H,3-6H2,1-2H3,(H,16,18,19)/t8-,11-,12-,15-/m1/s1. The Balaban J connectivity index is 2.06. The van der Waals surface area contributed by atoms with E-state index >= 15 is 0 Å². The zero-order valence-corrected chi connectivity index (χ0v) is 14.6. The van der Waals surface area contributed by atoms with Gasteiger partial charge in [0.1, 0.15) is 11.9 Å². The maximum absolute atomic E-state index is 10.1. The highest BCUT2D eigenvalue weighted by Crippen LogP contribution is 2.35. The second kappa shape index (κ2) is 7.22. The first-order chi connectivity index (χ1) is 11.6. The van der Waals surface area contributed by atoms with Crippen LogP contribution in [0, 0.1) is 0 Å². The first kappa shape index (κ1) is 17.4. The zero-order chi connectivity index (χ0) is 17.3. The molecule has 2 aromatic heterocycles. The Labute approximate surface area is 145 Å². The lowest BCUT2D eigenvalue weighted by Crippen LogP contribution is -2.30. The Morgan fingerprint density at radius 3 is 2.79 bits per heavy atom. The number of aryl methyl sites for hydroxylation is 1. The van der Waals surface area contributed by atoms with E-state index in [4.69, 9.17) is 4.74 Å². The fraction of sp³-hybridized carbons (Fsp3) is 0.667. The number of nitrogens with one attached hydrogen (secondary N) is 1. The van der Waals surface area contributed by atoms with E-state index in [2.05, 4.69) is 39.8 Å². The van der Waals surface area contributed by atoms with Gasteiger partial charge >= 0.3 is 0 Å². The van der Waals surface area contributed by atoms with Crippen LogP contribution in [0.15, 0.2) is 6.33 Å². The number of nitrogens with zero attached hydrogens (tertiary/aromatic N) is 4. The smallest absolute Gasteiger partial charge is 0.167 e. The first-order valence-corrected chi connectivity index (χ1v) is 8.72. The molecule has 3 N–H and O–H groups in total. The highest BCUT2D eigenvalue weighted by molar-refractivity contribution is 7.81. The number of anilines is 1. The molecule has 0 bridgehead atoms. The second-order valence-electron chi connectivity index (χ2n) is 5.82. The minimum absolute atomic E-state index is 0.264. The van der Waals surface area contributed by atoms with Crippen LogP contribution >= 0.6 is 12.6 Å². The minimum atomic E-state index is -0.856. The van der Waals surface area contributed by atoms with Crippen LogP contribution in [0.4, 0.5) is 5.82 Å². The SMILES string of the molecule is CCCc1nc(NCC)c2ncn([C@@H]3O[C@H](CO)[C@@H](O)[C@H]3S)c2n1. The van der Waals surface area contributed by atoms with E-state index in [0.717, 1.165) is 25.2 Å². The predicted octanol–water partition coefficient (Wildman–Crippen LogP) is 0.760. The average Bonchev–Trinajstić information content (AvgIpc) is 3.10. The average molecular weight is 353 g/mol. The van der Waals surface area contributed by atoms with Crippen molar-refractivity contribution in [3.8, 4) is 0 Å². The van der Waals surface area contributed by atoms with E-state index in [9.17, 15) is 10.2 Å². The van der Waals surface area contributed by atoms with Gasteiger partial charge in [-0.15, -0.1) is 0 Å². The van der Waals surface area contributed by atoms with Crippen molar-refractivity contribution in [2.24, 2.45) is 0 Å². The molecule has 3 rings (SSSR count). The number of thiol groups is 1. The largest absolute Gasteiger partial charge is 0.394 e. The van der Waals surface area contributed by atoms with Gasteiger partial charge in [-0.3, -0.25) is 4.57 Å². The molecule has 1 fully saturated rings. The van der Waals surface area contributed by atoms with Gasteiger partial charge in [-0.05, 0) is 13.3 Å². The summed E-state index contributed by atoms with van der Waals surface area (Å²) in [6, 6.07) is 0. The summed E-state index contributed by atoms with van der Waals surface area (Å²) < 4.78 is 7.51. The summed E-state index contributed by atoms with van der Waals surface area (Å²) in [4.78, 5) is 13.6. The lowest BCUT2D eigenvalue weighted by molar-refractivity contribution is -0.0430. The van der Waals surface area contributed by atoms with Crippen LogP contribution in [0.5, 0.6) is 0 Å². The summed E-state index contributed by atoms with van der Waals surface area (Å²) in [7, 11) is 0. The molecule has 1 saturated heterocycles. The van der Waals surface area contributed by atoms with Crippen LogP contribution in [-0.2, 0) is 11.2 Å². The van der Waals surface area contributed by atoms with Gasteiger partial charge in [-0.25, -0.2) is 15.0 Å². The molecule has 3 heterocycles.